The van der Waals surface area contributed by atoms with E-state index in [4.69, 9.17) is 4.74 Å². The van der Waals surface area contributed by atoms with E-state index in [-0.39, 0.29) is 5.91 Å². The van der Waals surface area contributed by atoms with Gasteiger partial charge in [0.25, 0.3) is 5.91 Å². The van der Waals surface area contributed by atoms with Crippen molar-refractivity contribution in [2.45, 2.75) is 13.2 Å². The van der Waals surface area contributed by atoms with Crippen LogP contribution in [-0.2, 0) is 13.2 Å². The molecule has 0 fully saturated rings. The van der Waals surface area contributed by atoms with Crippen LogP contribution in [0.15, 0.2) is 41.2 Å². The zero-order chi connectivity index (χ0) is 15.8. The number of benzene rings is 1. The van der Waals surface area contributed by atoms with Crippen molar-refractivity contribution in [1.29, 1.82) is 0 Å². The highest BCUT2D eigenvalue weighted by molar-refractivity contribution is 7.17. The summed E-state index contributed by atoms with van der Waals surface area (Å²) in [6.07, 6.45) is 0. The smallest absolute Gasteiger partial charge is 0.264 e. The largest absolute Gasteiger partial charge is 0.488 e. The van der Waals surface area contributed by atoms with Gasteiger partial charge >= 0.3 is 0 Å². The van der Waals surface area contributed by atoms with E-state index >= 15 is 0 Å². The number of rotatable bonds is 3. The fourth-order valence-electron chi connectivity index (χ4n) is 2.62. The number of nitrogens with zero attached hydrogens (tertiary/aromatic N) is 2. The molecule has 4 nitrogen and oxygen atoms in total. The average Bonchev–Trinajstić information content (AvgIpc) is 3.23. The molecule has 6 heteroatoms. The molecule has 2 aromatic heterocycles. The molecule has 0 N–H and O–H groups in total. The highest BCUT2D eigenvalue weighted by Crippen LogP contribution is 2.42. The van der Waals surface area contributed by atoms with Crippen molar-refractivity contribution in [2.75, 3.05) is 7.05 Å². The summed E-state index contributed by atoms with van der Waals surface area (Å²) in [6.45, 7) is 1.05. The van der Waals surface area contributed by atoms with Gasteiger partial charge in [0.15, 0.2) is 0 Å². The predicted octanol–water partition coefficient (Wildman–Crippen LogP) is 4.04. The monoisotopic (exact) mass is 342 g/mol. The Morgan fingerprint density at radius 1 is 1.39 bits per heavy atom. The molecular weight excluding hydrogens is 328 g/mol. The number of para-hydroxylation sites is 1. The van der Waals surface area contributed by atoms with Crippen LogP contribution in [0, 0.1) is 0 Å². The Bertz CT molecular complexity index is 855. The highest BCUT2D eigenvalue weighted by atomic mass is 32.1. The topological polar surface area (TPSA) is 42.4 Å². The van der Waals surface area contributed by atoms with Crippen molar-refractivity contribution >= 4 is 28.6 Å². The third-order valence-electron chi connectivity index (χ3n) is 3.76. The van der Waals surface area contributed by atoms with Crippen LogP contribution in [0.2, 0.25) is 0 Å². The minimum atomic E-state index is 0.0230. The van der Waals surface area contributed by atoms with Crippen molar-refractivity contribution in [3.63, 3.8) is 0 Å². The van der Waals surface area contributed by atoms with Gasteiger partial charge in [0.05, 0.1) is 22.6 Å². The van der Waals surface area contributed by atoms with Crippen molar-refractivity contribution in [3.05, 3.63) is 57.4 Å². The van der Waals surface area contributed by atoms with Gasteiger partial charge in [-0.25, -0.2) is 4.98 Å². The molecule has 1 amide bonds. The Morgan fingerprint density at radius 3 is 3.09 bits per heavy atom. The van der Waals surface area contributed by atoms with Gasteiger partial charge in [-0.3, -0.25) is 4.79 Å². The lowest BCUT2D eigenvalue weighted by atomic mass is 10.1. The number of carbonyl (C=O) groups is 1. The van der Waals surface area contributed by atoms with Crippen molar-refractivity contribution in [3.8, 4) is 16.2 Å². The van der Waals surface area contributed by atoms with Crippen LogP contribution in [-0.4, -0.2) is 22.8 Å². The van der Waals surface area contributed by atoms with E-state index in [2.05, 4.69) is 4.98 Å². The molecule has 0 atom stereocenters. The maximum absolute atomic E-state index is 12.7. The molecule has 116 valence electrons. The molecule has 0 saturated carbocycles. The standard InChI is InChI=1S/C17H14N2O2S2/c1-19(7-12-9-22-10-18-12)17(20)15-6-11-8-21-14-5-3-2-4-13(14)16(11)23-15/h2-6,9-10H,7-8H2,1H3. The van der Waals surface area contributed by atoms with E-state index < -0.39 is 0 Å². The molecule has 0 unspecified atom stereocenters. The number of hydrogen-bond donors (Lipinski definition) is 0. The zero-order valence-corrected chi connectivity index (χ0v) is 14.1. The van der Waals surface area contributed by atoms with E-state index in [1.54, 1.807) is 21.7 Å². The van der Waals surface area contributed by atoms with Gasteiger partial charge in [-0.05, 0) is 18.2 Å². The van der Waals surface area contributed by atoms with E-state index in [1.165, 1.54) is 11.3 Å². The number of aromatic nitrogens is 1. The number of thiazole rings is 1. The molecule has 0 aliphatic carbocycles. The summed E-state index contributed by atoms with van der Waals surface area (Å²) in [5, 5.41) is 1.97. The van der Waals surface area contributed by atoms with Crippen LogP contribution < -0.4 is 4.74 Å². The van der Waals surface area contributed by atoms with Crippen molar-refractivity contribution in [1.82, 2.24) is 9.88 Å². The van der Waals surface area contributed by atoms with E-state index in [1.807, 2.05) is 42.8 Å². The number of ether oxygens (including phenoxy) is 1. The number of carbonyl (C=O) groups excluding carboxylic acids is 1. The summed E-state index contributed by atoms with van der Waals surface area (Å²) in [5.74, 6) is 0.909. The first kappa shape index (κ1) is 14.4. The second-order valence-electron chi connectivity index (χ2n) is 5.39. The lowest BCUT2D eigenvalue weighted by Gasteiger charge is -2.16. The second kappa shape index (κ2) is 5.79. The van der Waals surface area contributed by atoms with Gasteiger partial charge in [0, 0.05) is 28.4 Å². The summed E-state index contributed by atoms with van der Waals surface area (Å²) >= 11 is 3.08. The molecule has 0 saturated heterocycles. The molecule has 3 heterocycles. The Hall–Kier alpha value is -2.18. The molecule has 3 aromatic rings. The Morgan fingerprint density at radius 2 is 2.26 bits per heavy atom. The maximum Gasteiger partial charge on any atom is 0.264 e. The molecule has 0 spiro atoms. The fraction of sp³-hybridized carbons (Fsp3) is 0.176. The number of thiophene rings is 1. The third kappa shape index (κ3) is 2.64. The highest BCUT2D eigenvalue weighted by Gasteiger charge is 2.23. The first-order valence-electron chi connectivity index (χ1n) is 7.20. The quantitative estimate of drug-likeness (QED) is 0.721. The van der Waals surface area contributed by atoms with Crippen LogP contribution in [0.1, 0.15) is 20.9 Å². The Kier molecular flexibility index (Phi) is 3.63. The molecule has 23 heavy (non-hydrogen) atoms. The van der Waals surface area contributed by atoms with Gasteiger partial charge in [-0.15, -0.1) is 22.7 Å². The Labute approximate surface area is 142 Å². The molecule has 0 bridgehead atoms. The third-order valence-corrected chi connectivity index (χ3v) is 5.60. The van der Waals surface area contributed by atoms with Crippen LogP contribution in [0.4, 0.5) is 0 Å². The van der Waals surface area contributed by atoms with Gasteiger partial charge in [0.1, 0.15) is 12.4 Å². The summed E-state index contributed by atoms with van der Waals surface area (Å²) in [5.41, 5.74) is 4.85. The van der Waals surface area contributed by atoms with E-state index in [0.717, 1.165) is 32.3 Å². The summed E-state index contributed by atoms with van der Waals surface area (Å²) in [7, 11) is 1.81. The Balaban J connectivity index is 1.62. The number of fused-ring (bicyclic) bond motifs is 3. The molecule has 4 rings (SSSR count). The van der Waals surface area contributed by atoms with Gasteiger partial charge in [-0.1, -0.05) is 12.1 Å². The molecule has 0 radical (unpaired) electrons. The van der Waals surface area contributed by atoms with Gasteiger partial charge in [-0.2, -0.15) is 0 Å². The first-order valence-corrected chi connectivity index (χ1v) is 8.96. The number of hydrogen-bond acceptors (Lipinski definition) is 5. The average molecular weight is 342 g/mol. The molecule has 1 aromatic carbocycles. The van der Waals surface area contributed by atoms with E-state index in [9.17, 15) is 4.79 Å². The van der Waals surface area contributed by atoms with Crippen LogP contribution in [0.3, 0.4) is 0 Å². The van der Waals surface area contributed by atoms with Crippen LogP contribution in [0.25, 0.3) is 10.4 Å². The molecular formula is C17H14N2O2S2. The molecule has 1 aliphatic heterocycles. The normalized spacial score (nSPS) is 12.2. The molecule has 1 aliphatic rings. The minimum Gasteiger partial charge on any atom is -0.488 e. The van der Waals surface area contributed by atoms with Crippen molar-refractivity contribution < 1.29 is 9.53 Å². The van der Waals surface area contributed by atoms with Crippen LogP contribution >= 0.6 is 22.7 Å². The summed E-state index contributed by atoms with van der Waals surface area (Å²) in [6, 6.07) is 9.92. The lowest BCUT2D eigenvalue weighted by molar-refractivity contribution is 0.0788. The summed E-state index contributed by atoms with van der Waals surface area (Å²) in [4.78, 5) is 20.5. The van der Waals surface area contributed by atoms with Gasteiger partial charge < -0.3 is 9.64 Å². The minimum absolute atomic E-state index is 0.0230. The SMILES string of the molecule is CN(Cc1cscn1)C(=O)c1cc2c(s1)-c1ccccc1OC2. The van der Waals surface area contributed by atoms with E-state index in [0.29, 0.717) is 13.2 Å². The van der Waals surface area contributed by atoms with Crippen molar-refractivity contribution in [2.24, 2.45) is 0 Å². The zero-order valence-electron chi connectivity index (χ0n) is 12.5. The maximum atomic E-state index is 12.7. The number of amides is 1. The van der Waals surface area contributed by atoms with Crippen LogP contribution in [0.5, 0.6) is 5.75 Å². The van der Waals surface area contributed by atoms with Gasteiger partial charge in [0.2, 0.25) is 0 Å². The summed E-state index contributed by atoms with van der Waals surface area (Å²) < 4.78 is 5.76. The lowest BCUT2D eigenvalue weighted by Crippen LogP contribution is -2.25. The first-order chi connectivity index (χ1) is 11.2. The predicted molar refractivity (Wildman–Crippen MR) is 92.0 cm³/mol. The fourth-order valence-corrected chi connectivity index (χ4v) is 4.36. The second-order valence-corrected chi connectivity index (χ2v) is 7.16.